The lowest BCUT2D eigenvalue weighted by Gasteiger charge is -2.38. The fourth-order valence-corrected chi connectivity index (χ4v) is 3.47. The SMILES string of the molecule is CCc1cccc(C)c1NC1CC(c2ccccc2C)C1. The Balaban J connectivity index is 1.67. The topological polar surface area (TPSA) is 12.0 Å². The molecule has 0 radical (unpaired) electrons. The van der Waals surface area contributed by atoms with Crippen LogP contribution in [0.4, 0.5) is 5.69 Å². The summed E-state index contributed by atoms with van der Waals surface area (Å²) in [7, 11) is 0. The number of aryl methyl sites for hydroxylation is 3. The molecule has 3 rings (SSSR count). The second-order valence-electron chi connectivity index (χ2n) is 6.33. The molecule has 0 heterocycles. The van der Waals surface area contributed by atoms with E-state index in [9.17, 15) is 0 Å². The summed E-state index contributed by atoms with van der Waals surface area (Å²) in [5.41, 5.74) is 7.15. The van der Waals surface area contributed by atoms with Gasteiger partial charge in [-0.15, -0.1) is 0 Å². The van der Waals surface area contributed by atoms with Gasteiger partial charge in [0.1, 0.15) is 0 Å². The van der Waals surface area contributed by atoms with Crippen molar-refractivity contribution in [2.24, 2.45) is 0 Å². The third kappa shape index (κ3) is 2.83. The van der Waals surface area contributed by atoms with E-state index < -0.39 is 0 Å². The van der Waals surface area contributed by atoms with Crippen LogP contribution in [0.2, 0.25) is 0 Å². The fraction of sp³-hybridized carbons (Fsp3) is 0.400. The molecule has 0 bridgehead atoms. The van der Waals surface area contributed by atoms with Gasteiger partial charge in [-0.1, -0.05) is 49.4 Å². The monoisotopic (exact) mass is 279 g/mol. The molecule has 21 heavy (non-hydrogen) atoms. The fourth-order valence-electron chi connectivity index (χ4n) is 3.47. The first kappa shape index (κ1) is 14.2. The van der Waals surface area contributed by atoms with Crippen LogP contribution in [-0.4, -0.2) is 6.04 Å². The summed E-state index contributed by atoms with van der Waals surface area (Å²) in [4.78, 5) is 0. The van der Waals surface area contributed by atoms with Gasteiger partial charge < -0.3 is 5.32 Å². The van der Waals surface area contributed by atoms with Crippen LogP contribution in [0, 0.1) is 13.8 Å². The molecule has 2 aromatic carbocycles. The van der Waals surface area contributed by atoms with E-state index in [1.54, 1.807) is 0 Å². The number of nitrogens with one attached hydrogen (secondary N) is 1. The zero-order valence-electron chi connectivity index (χ0n) is 13.3. The third-order valence-corrected chi connectivity index (χ3v) is 4.85. The van der Waals surface area contributed by atoms with Crippen LogP contribution >= 0.6 is 0 Å². The van der Waals surface area contributed by atoms with Gasteiger partial charge in [0.25, 0.3) is 0 Å². The van der Waals surface area contributed by atoms with Crippen LogP contribution in [0.25, 0.3) is 0 Å². The minimum absolute atomic E-state index is 0.626. The van der Waals surface area contributed by atoms with Crippen molar-refractivity contribution in [2.75, 3.05) is 5.32 Å². The predicted molar refractivity (Wildman–Crippen MR) is 91.1 cm³/mol. The van der Waals surface area contributed by atoms with Crippen LogP contribution in [0.5, 0.6) is 0 Å². The van der Waals surface area contributed by atoms with Gasteiger partial charge in [0.05, 0.1) is 0 Å². The Morgan fingerprint density at radius 1 is 0.952 bits per heavy atom. The normalized spacial score (nSPS) is 20.9. The molecule has 2 aromatic rings. The highest BCUT2D eigenvalue weighted by Crippen LogP contribution is 2.40. The van der Waals surface area contributed by atoms with E-state index in [-0.39, 0.29) is 0 Å². The summed E-state index contributed by atoms with van der Waals surface area (Å²) in [5.74, 6) is 0.734. The molecule has 0 spiro atoms. The summed E-state index contributed by atoms with van der Waals surface area (Å²) in [6.45, 7) is 6.67. The van der Waals surface area contributed by atoms with Crippen LogP contribution in [0.1, 0.15) is 47.9 Å². The highest BCUT2D eigenvalue weighted by atomic mass is 14.9. The highest BCUT2D eigenvalue weighted by molar-refractivity contribution is 5.58. The first-order valence-electron chi connectivity index (χ1n) is 8.09. The maximum atomic E-state index is 3.79. The molecule has 1 heteroatoms. The molecule has 1 saturated carbocycles. The second-order valence-corrected chi connectivity index (χ2v) is 6.33. The second kappa shape index (κ2) is 5.93. The summed E-state index contributed by atoms with van der Waals surface area (Å²) in [6.07, 6.45) is 3.60. The van der Waals surface area contributed by atoms with Crippen molar-refractivity contribution >= 4 is 5.69 Å². The van der Waals surface area contributed by atoms with Gasteiger partial charge in [-0.2, -0.15) is 0 Å². The molecule has 1 N–H and O–H groups in total. The number of anilines is 1. The Hall–Kier alpha value is -1.76. The Kier molecular flexibility index (Phi) is 4.01. The molecule has 110 valence electrons. The minimum atomic E-state index is 0.626. The van der Waals surface area contributed by atoms with Gasteiger partial charge in [0.15, 0.2) is 0 Å². The van der Waals surface area contributed by atoms with Crippen molar-refractivity contribution in [3.63, 3.8) is 0 Å². The molecule has 1 aliphatic carbocycles. The molecule has 0 aromatic heterocycles. The molecule has 1 nitrogen and oxygen atoms in total. The smallest absolute Gasteiger partial charge is 0.0404 e. The van der Waals surface area contributed by atoms with Gasteiger partial charge in [0.2, 0.25) is 0 Å². The summed E-state index contributed by atoms with van der Waals surface area (Å²) in [5, 5.41) is 3.79. The van der Waals surface area contributed by atoms with E-state index >= 15 is 0 Å². The Labute approximate surface area is 128 Å². The van der Waals surface area contributed by atoms with Gasteiger partial charge >= 0.3 is 0 Å². The van der Waals surface area contributed by atoms with Crippen molar-refractivity contribution in [3.05, 3.63) is 64.7 Å². The molecule has 0 unspecified atom stereocenters. The summed E-state index contributed by atoms with van der Waals surface area (Å²) in [6, 6.07) is 16.1. The molecule has 0 saturated heterocycles. The summed E-state index contributed by atoms with van der Waals surface area (Å²) >= 11 is 0. The molecular weight excluding hydrogens is 254 g/mol. The molecule has 1 aliphatic rings. The van der Waals surface area contributed by atoms with E-state index in [0.29, 0.717) is 6.04 Å². The average Bonchev–Trinajstić information content (AvgIpc) is 2.45. The third-order valence-electron chi connectivity index (χ3n) is 4.85. The molecule has 0 aliphatic heterocycles. The average molecular weight is 279 g/mol. The van der Waals surface area contributed by atoms with E-state index in [0.717, 1.165) is 12.3 Å². The zero-order valence-corrected chi connectivity index (χ0v) is 13.3. The number of hydrogen-bond donors (Lipinski definition) is 1. The quantitative estimate of drug-likeness (QED) is 0.808. The van der Waals surface area contributed by atoms with Crippen LogP contribution in [0.15, 0.2) is 42.5 Å². The Morgan fingerprint density at radius 2 is 1.67 bits per heavy atom. The molecule has 0 atom stereocenters. The van der Waals surface area contributed by atoms with E-state index in [4.69, 9.17) is 0 Å². The van der Waals surface area contributed by atoms with E-state index in [2.05, 4.69) is 68.6 Å². The number of rotatable bonds is 4. The van der Waals surface area contributed by atoms with Gasteiger partial charge in [-0.05, 0) is 61.3 Å². The van der Waals surface area contributed by atoms with Gasteiger partial charge in [0, 0.05) is 11.7 Å². The number of para-hydroxylation sites is 1. The predicted octanol–water partition coefficient (Wildman–Crippen LogP) is 5.22. The number of benzene rings is 2. The highest BCUT2D eigenvalue weighted by Gasteiger charge is 2.31. The van der Waals surface area contributed by atoms with Gasteiger partial charge in [-0.25, -0.2) is 0 Å². The van der Waals surface area contributed by atoms with Crippen LogP contribution in [0.3, 0.4) is 0 Å². The molecule has 1 fully saturated rings. The maximum Gasteiger partial charge on any atom is 0.0404 e. The lowest BCUT2D eigenvalue weighted by atomic mass is 9.74. The lowest BCUT2D eigenvalue weighted by molar-refractivity contribution is 0.372. The Bertz CT molecular complexity index is 623. The number of hydrogen-bond acceptors (Lipinski definition) is 1. The zero-order chi connectivity index (χ0) is 14.8. The summed E-state index contributed by atoms with van der Waals surface area (Å²) < 4.78 is 0. The first-order valence-corrected chi connectivity index (χ1v) is 8.09. The standard InChI is InChI=1S/C20H25N/c1-4-16-10-7-9-15(3)20(16)21-18-12-17(13-18)19-11-6-5-8-14(19)2/h5-11,17-18,21H,4,12-13H2,1-3H3. The Morgan fingerprint density at radius 3 is 2.38 bits per heavy atom. The first-order chi connectivity index (χ1) is 10.2. The van der Waals surface area contributed by atoms with Crippen molar-refractivity contribution in [3.8, 4) is 0 Å². The maximum absolute atomic E-state index is 3.79. The molecule has 0 amide bonds. The van der Waals surface area contributed by atoms with Crippen LogP contribution < -0.4 is 5.32 Å². The van der Waals surface area contributed by atoms with Crippen molar-refractivity contribution < 1.29 is 0 Å². The van der Waals surface area contributed by atoms with E-state index in [1.807, 2.05) is 0 Å². The van der Waals surface area contributed by atoms with E-state index in [1.165, 1.54) is 40.8 Å². The van der Waals surface area contributed by atoms with Crippen molar-refractivity contribution in [1.82, 2.24) is 0 Å². The minimum Gasteiger partial charge on any atom is -0.382 e. The molecular formula is C20H25N. The van der Waals surface area contributed by atoms with Gasteiger partial charge in [-0.3, -0.25) is 0 Å². The van der Waals surface area contributed by atoms with Crippen molar-refractivity contribution in [2.45, 2.75) is 52.0 Å². The largest absolute Gasteiger partial charge is 0.382 e. The lowest BCUT2D eigenvalue weighted by Crippen LogP contribution is -2.34. The van der Waals surface area contributed by atoms with Crippen molar-refractivity contribution in [1.29, 1.82) is 0 Å². The van der Waals surface area contributed by atoms with Crippen LogP contribution in [-0.2, 0) is 6.42 Å².